The maximum atomic E-state index is 10.8. The molecule has 0 radical (unpaired) electrons. The zero-order chi connectivity index (χ0) is 57.3. The minimum Gasteiger partial charge on any atom is -0.394 e. The summed E-state index contributed by atoms with van der Waals surface area (Å²) in [5.74, 6) is 0. The molecule has 0 bridgehead atoms. The van der Waals surface area contributed by atoms with Crippen molar-refractivity contribution in [2.24, 2.45) is 0 Å². The van der Waals surface area contributed by atoms with Crippen LogP contribution < -0.4 is 0 Å². The summed E-state index contributed by atoms with van der Waals surface area (Å²) in [6, 6.07) is 0. The van der Waals surface area contributed by atoms with Gasteiger partial charge >= 0.3 is 0 Å². The second-order valence-electron chi connectivity index (χ2n) is 19.8. The average Bonchev–Trinajstić information content (AvgIpc) is 3.42. The van der Waals surface area contributed by atoms with E-state index in [4.69, 9.17) is 61.6 Å². The Kier molecular flexibility index (Phi) is 22.6. The van der Waals surface area contributed by atoms with E-state index < -0.39 is 261 Å². The molecule has 0 aromatic carbocycles. The van der Waals surface area contributed by atoms with Crippen LogP contribution in [-0.2, 0) is 61.6 Å². The molecule has 7 saturated heterocycles. The van der Waals surface area contributed by atoms with Gasteiger partial charge in [-0.1, -0.05) is 0 Å². The van der Waals surface area contributed by atoms with Crippen molar-refractivity contribution < 1.29 is 179 Å². The molecule has 0 unspecified atom stereocenters. The van der Waals surface area contributed by atoms with E-state index in [9.17, 15) is 117 Å². The largest absolute Gasteiger partial charge is 0.394 e. The lowest BCUT2D eigenvalue weighted by atomic mass is 9.97. The van der Waals surface area contributed by atoms with E-state index in [0.29, 0.717) is 0 Å². The van der Waals surface area contributed by atoms with Crippen LogP contribution in [0.4, 0.5) is 0 Å². The summed E-state index contributed by atoms with van der Waals surface area (Å²) in [7, 11) is 0. The van der Waals surface area contributed by atoms with Gasteiger partial charge in [-0.3, -0.25) is 0 Å². The smallest absolute Gasteiger partial charge is 0.187 e. The Labute approximate surface area is 439 Å². The fraction of sp³-hybridized carbons (Fsp3) is 1.00. The maximum absolute atomic E-state index is 10.8. The Morgan fingerprint density at radius 3 is 0.718 bits per heavy atom. The normalized spacial score (nSPS) is 53.5. The summed E-state index contributed by atoms with van der Waals surface area (Å²) in [6.45, 7) is -5.70. The molecule has 0 aliphatic carbocycles. The third-order valence-electron chi connectivity index (χ3n) is 14.4. The summed E-state index contributed by atoms with van der Waals surface area (Å²) >= 11 is 0. The van der Waals surface area contributed by atoms with E-state index in [1.807, 2.05) is 0 Å². The molecule has 0 amide bonds. The maximum Gasteiger partial charge on any atom is 0.187 e. The van der Waals surface area contributed by atoms with Gasteiger partial charge in [-0.2, -0.15) is 0 Å². The molecule has 36 heteroatoms. The van der Waals surface area contributed by atoms with E-state index in [-0.39, 0.29) is 0 Å². The van der Waals surface area contributed by atoms with Crippen LogP contribution in [0.1, 0.15) is 0 Å². The molecule has 0 aromatic heterocycles. The van der Waals surface area contributed by atoms with Gasteiger partial charge in [0, 0.05) is 0 Å². The standard InChI is InChI=1S/C42H72O36/c43-1-8-15(45)21(51)29(59)37(72-8)66-3-10-16(46)22(52)30(60)38(73-10)67-4-11-17(47)23(53)31(61)39(74-11)68-5-12-18(48)24(54)32(62)40(75-12)69-6-13-19(49)25(55)33(63)41(76-13)70-7-14-20(50)26(56)34(64)42(77-14)78-35-9(2-44)71-36(65)28(58)27(35)57/h8-65H,1-7H2/t8-,9-,10-,11-,12-,13-,14-,15-,16-,17-,18-,19-,20-,21+,22+,23+,24+,25+,26+,27-,28+,29-,30-,31-,32-,33-,34-,35-,36+,37-,38-,39-,40-,41-,42-/m1/s1. The van der Waals surface area contributed by atoms with Gasteiger partial charge in [0.1, 0.15) is 171 Å². The van der Waals surface area contributed by atoms with E-state index in [0.717, 1.165) is 0 Å². The summed E-state index contributed by atoms with van der Waals surface area (Å²) in [5.41, 5.74) is 0. The van der Waals surface area contributed by atoms with Gasteiger partial charge < -0.3 is 179 Å². The fourth-order valence-corrected chi connectivity index (χ4v) is 9.48. The number of hydrogen-bond donors (Lipinski definition) is 23. The van der Waals surface area contributed by atoms with Crippen molar-refractivity contribution in [2.75, 3.05) is 46.2 Å². The van der Waals surface area contributed by atoms with Crippen molar-refractivity contribution in [3.63, 3.8) is 0 Å². The number of rotatable bonds is 19. The van der Waals surface area contributed by atoms with Crippen LogP contribution in [0.15, 0.2) is 0 Å². The van der Waals surface area contributed by atoms with E-state index in [1.165, 1.54) is 0 Å². The van der Waals surface area contributed by atoms with Crippen molar-refractivity contribution in [3.8, 4) is 0 Å². The molecule has 456 valence electrons. The molecule has 7 rings (SSSR count). The van der Waals surface area contributed by atoms with Gasteiger partial charge in [0.25, 0.3) is 0 Å². The highest BCUT2D eigenvalue weighted by Gasteiger charge is 2.54. The Balaban J connectivity index is 0.910. The SMILES string of the molecule is OC[C@H]1O[C@@H](OC[C@H]2O[C@@H](OC[C@H]3O[C@@H](OC[C@H]4O[C@@H](OC[C@H]5O[C@@H](OC[C@H]6O[C@H](O[C@H]7[C@H](O)[C@H](O)[C@@H](O)O[C@@H]7CO)[C@H](O)[C@@H](O)[C@@H]6O)[C@H](O)[C@@H](O)[C@@H]5O)[C@H](O)[C@@H](O)[C@@H]4O)[C@H](O)[C@@H](O)[C@@H]3O)[C@H](O)[C@@H](O)[C@@H]2O)[C@H](O)[C@@H](O)[C@@H]1O. The fourth-order valence-electron chi connectivity index (χ4n) is 9.48. The van der Waals surface area contributed by atoms with Crippen molar-refractivity contribution in [1.82, 2.24) is 0 Å². The Bertz CT molecular complexity index is 1820. The highest BCUT2D eigenvalue weighted by molar-refractivity contribution is 4.97. The Morgan fingerprint density at radius 2 is 0.449 bits per heavy atom. The van der Waals surface area contributed by atoms with Crippen molar-refractivity contribution in [1.29, 1.82) is 0 Å². The van der Waals surface area contributed by atoms with Crippen LogP contribution >= 0.6 is 0 Å². The molecule has 7 aliphatic rings. The van der Waals surface area contributed by atoms with Gasteiger partial charge in [-0.25, -0.2) is 0 Å². The second-order valence-corrected chi connectivity index (χ2v) is 19.8. The predicted octanol–water partition coefficient (Wildman–Crippen LogP) is -16.3. The average molecular weight is 1150 g/mol. The van der Waals surface area contributed by atoms with Gasteiger partial charge in [0.05, 0.1) is 46.2 Å². The highest BCUT2D eigenvalue weighted by atomic mass is 16.8. The molecule has 7 aliphatic heterocycles. The first-order chi connectivity index (χ1) is 36.8. The molecule has 36 nitrogen and oxygen atoms in total. The topological polar surface area (TPSA) is 585 Å². The van der Waals surface area contributed by atoms with Gasteiger partial charge in [0.15, 0.2) is 44.0 Å². The Hall–Kier alpha value is -1.44. The van der Waals surface area contributed by atoms with Crippen LogP contribution in [0.25, 0.3) is 0 Å². The van der Waals surface area contributed by atoms with Crippen LogP contribution in [0.5, 0.6) is 0 Å². The van der Waals surface area contributed by atoms with Crippen molar-refractivity contribution >= 4 is 0 Å². The summed E-state index contributed by atoms with van der Waals surface area (Å²) in [4.78, 5) is 0. The predicted molar refractivity (Wildman–Crippen MR) is 232 cm³/mol. The summed E-state index contributed by atoms with van der Waals surface area (Å²) in [6.07, 6.45) is -65.1. The molecule has 0 aromatic rings. The lowest BCUT2D eigenvalue weighted by molar-refractivity contribution is -0.364. The summed E-state index contributed by atoms with van der Waals surface area (Å²) < 4.78 is 71.2. The zero-order valence-corrected chi connectivity index (χ0v) is 40.8. The lowest BCUT2D eigenvalue weighted by Gasteiger charge is -2.46. The highest BCUT2D eigenvalue weighted by Crippen LogP contribution is 2.33. The Morgan fingerprint density at radius 1 is 0.218 bits per heavy atom. The van der Waals surface area contributed by atoms with Gasteiger partial charge in [-0.15, -0.1) is 0 Å². The molecule has 0 spiro atoms. The zero-order valence-electron chi connectivity index (χ0n) is 40.8. The molecule has 23 N–H and O–H groups in total. The molecular formula is C42H72O36. The van der Waals surface area contributed by atoms with E-state index in [2.05, 4.69) is 0 Å². The number of hydrogen-bond acceptors (Lipinski definition) is 36. The van der Waals surface area contributed by atoms with Crippen LogP contribution in [0, 0.1) is 0 Å². The van der Waals surface area contributed by atoms with E-state index in [1.54, 1.807) is 0 Å². The lowest BCUT2D eigenvalue weighted by Crippen LogP contribution is -2.65. The molecule has 78 heavy (non-hydrogen) atoms. The van der Waals surface area contributed by atoms with Crippen molar-refractivity contribution in [3.05, 3.63) is 0 Å². The van der Waals surface area contributed by atoms with Gasteiger partial charge in [0.2, 0.25) is 0 Å². The minimum atomic E-state index is -2.06. The first-order valence-corrected chi connectivity index (χ1v) is 24.6. The monoisotopic (exact) mass is 1150 g/mol. The first kappa shape index (κ1) is 64.1. The third-order valence-corrected chi connectivity index (χ3v) is 14.4. The number of ether oxygens (including phenoxy) is 13. The van der Waals surface area contributed by atoms with Gasteiger partial charge in [-0.05, 0) is 0 Å². The summed E-state index contributed by atoms with van der Waals surface area (Å²) in [5, 5.41) is 240. The van der Waals surface area contributed by atoms with Crippen LogP contribution in [0.3, 0.4) is 0 Å². The van der Waals surface area contributed by atoms with Crippen LogP contribution in [0.2, 0.25) is 0 Å². The minimum absolute atomic E-state index is 0.714. The second kappa shape index (κ2) is 27.5. The third kappa shape index (κ3) is 13.7. The number of aliphatic hydroxyl groups is 23. The van der Waals surface area contributed by atoms with Crippen LogP contribution in [-0.4, -0.2) is 379 Å². The molecule has 0 saturated carbocycles. The first-order valence-electron chi connectivity index (χ1n) is 24.6. The number of aliphatic hydroxyl groups excluding tert-OH is 23. The van der Waals surface area contributed by atoms with E-state index >= 15 is 0 Å². The molecule has 35 atom stereocenters. The molecule has 7 fully saturated rings. The molecular weight excluding hydrogens is 1080 g/mol. The quantitative estimate of drug-likeness (QED) is 0.0571. The molecule has 7 heterocycles. The van der Waals surface area contributed by atoms with Crippen molar-refractivity contribution in [2.45, 2.75) is 215 Å².